The highest BCUT2D eigenvalue weighted by molar-refractivity contribution is 7.86. The summed E-state index contributed by atoms with van der Waals surface area (Å²) >= 11 is 0. The van der Waals surface area contributed by atoms with Crippen LogP contribution in [0.25, 0.3) is 0 Å². The monoisotopic (exact) mass is 1010 g/mol. The van der Waals surface area contributed by atoms with E-state index in [2.05, 4.69) is 46.0 Å². The molecule has 20 nitrogen and oxygen atoms in total. The number of hydrogen-bond acceptors (Lipinski definition) is 18. The van der Waals surface area contributed by atoms with Crippen molar-refractivity contribution in [2.24, 2.45) is 20.5 Å². The Morgan fingerprint density at radius 1 is 0.522 bits per heavy atom. The Bertz CT molecular complexity index is 2710. The SMILES string of the molecule is CCN(CC)c1ccc(/N=N/c2ccc(C(F)(F)F)cc2S(=O)(=O)O)c(Nc2nc(Nc3cc(N(CC)CC)ccc3/N=N/c3ccc(C(F)(F)F)cc3S(=O)(=O)O)nc(N(CCO)CCO)n2)c1. The Morgan fingerprint density at radius 2 is 0.870 bits per heavy atom. The lowest BCUT2D eigenvalue weighted by atomic mass is 10.2. The number of aliphatic hydroxyl groups is 2. The molecule has 0 saturated heterocycles. The molecular formula is C41H46F6N12O8S2. The van der Waals surface area contributed by atoms with E-state index >= 15 is 0 Å². The number of halogens is 6. The molecule has 0 aliphatic rings. The van der Waals surface area contributed by atoms with Crippen LogP contribution in [0.15, 0.2) is 103 Å². The highest BCUT2D eigenvalue weighted by Crippen LogP contribution is 2.40. The van der Waals surface area contributed by atoms with Gasteiger partial charge in [0.15, 0.2) is 0 Å². The minimum Gasteiger partial charge on any atom is -0.395 e. The van der Waals surface area contributed by atoms with Gasteiger partial charge >= 0.3 is 12.4 Å². The van der Waals surface area contributed by atoms with Crippen LogP contribution < -0.4 is 25.3 Å². The fourth-order valence-corrected chi connectivity index (χ4v) is 7.88. The summed E-state index contributed by atoms with van der Waals surface area (Å²) in [5, 5.41) is 41.9. The number of nitrogens with one attached hydrogen (secondary N) is 2. The molecule has 0 amide bonds. The third kappa shape index (κ3) is 13.8. The van der Waals surface area contributed by atoms with E-state index in [1.54, 1.807) is 24.3 Å². The quantitative estimate of drug-likeness (QED) is 0.0227. The van der Waals surface area contributed by atoms with Gasteiger partial charge in [-0.3, -0.25) is 9.11 Å². The van der Waals surface area contributed by atoms with Gasteiger partial charge in [0.25, 0.3) is 20.2 Å². The molecular weight excluding hydrogens is 967 g/mol. The van der Waals surface area contributed by atoms with Crippen molar-refractivity contribution in [3.63, 3.8) is 0 Å². The van der Waals surface area contributed by atoms with Gasteiger partial charge in [-0.15, -0.1) is 20.5 Å². The van der Waals surface area contributed by atoms with Crippen molar-refractivity contribution < 1.29 is 62.5 Å². The Labute approximate surface area is 392 Å². The number of nitrogens with zero attached hydrogens (tertiary/aromatic N) is 10. The first-order valence-electron chi connectivity index (χ1n) is 20.7. The van der Waals surface area contributed by atoms with Crippen molar-refractivity contribution >= 4 is 83.6 Å². The molecule has 4 aromatic carbocycles. The third-order valence-corrected chi connectivity index (χ3v) is 11.8. The van der Waals surface area contributed by atoms with Crippen LogP contribution in [0.1, 0.15) is 38.8 Å². The molecule has 372 valence electrons. The average Bonchev–Trinajstić information content (AvgIpc) is 3.27. The minimum absolute atomic E-state index is 0.0340. The molecule has 0 aliphatic heterocycles. The van der Waals surface area contributed by atoms with E-state index in [0.717, 1.165) is 12.1 Å². The molecule has 0 unspecified atom stereocenters. The van der Waals surface area contributed by atoms with Gasteiger partial charge in [0.2, 0.25) is 17.8 Å². The predicted octanol–water partition coefficient (Wildman–Crippen LogP) is 9.20. The maximum atomic E-state index is 13.5. The van der Waals surface area contributed by atoms with Crippen molar-refractivity contribution in [2.45, 2.75) is 49.8 Å². The standard InChI is InChI=1S/C41H46F6N12O8S2/c1-5-57(6-2)27-11-15-29(53-55-31-13-9-25(40(42,43)44)21-35(31)68(62,63)64)33(23-27)48-37-50-38(52-39(51-37)59(17-19-60)18-20-61)49-34-24-28(58(7-3)8-4)12-16-30(34)54-56-32-14-10-26(41(45,46)47)22-36(32)69(65,66)67/h9-16,21-24,60-61H,5-8,17-20H2,1-4H3,(H,62,63,64)(H,65,66,67)(H2,48,49,50,51,52)/b55-53+,56-54+. The summed E-state index contributed by atoms with van der Waals surface area (Å²) in [6.07, 6.45) is -9.92. The number of rotatable bonds is 21. The van der Waals surface area contributed by atoms with Crippen LogP contribution in [0, 0.1) is 0 Å². The summed E-state index contributed by atoms with van der Waals surface area (Å²) in [7, 11) is -10.5. The molecule has 1 aromatic heterocycles. The predicted molar refractivity (Wildman–Crippen MR) is 244 cm³/mol. The van der Waals surface area contributed by atoms with Crippen LogP contribution in [0.5, 0.6) is 0 Å². The largest absolute Gasteiger partial charge is 0.416 e. The smallest absolute Gasteiger partial charge is 0.395 e. The first kappa shape index (κ1) is 53.4. The highest BCUT2D eigenvalue weighted by Gasteiger charge is 2.34. The molecule has 0 bridgehead atoms. The highest BCUT2D eigenvalue weighted by atomic mass is 32.2. The summed E-state index contributed by atoms with van der Waals surface area (Å²) in [4.78, 5) is 16.5. The van der Waals surface area contributed by atoms with Gasteiger partial charge in [0.05, 0.1) is 35.7 Å². The van der Waals surface area contributed by atoms with Gasteiger partial charge < -0.3 is 35.5 Å². The number of aliphatic hydroxyl groups excluding tert-OH is 2. The van der Waals surface area contributed by atoms with Crippen LogP contribution in [0.4, 0.5) is 89.7 Å². The molecule has 0 aliphatic carbocycles. The molecule has 0 radical (unpaired) electrons. The minimum atomic E-state index is -5.24. The van der Waals surface area contributed by atoms with Crippen LogP contribution in [0.2, 0.25) is 0 Å². The molecule has 0 spiro atoms. The number of azo groups is 2. The fraction of sp³-hybridized carbons (Fsp3) is 0.341. The summed E-state index contributed by atoms with van der Waals surface area (Å²) in [5.74, 6) is -0.569. The molecule has 0 atom stereocenters. The topological polar surface area (TPSA) is 271 Å². The van der Waals surface area contributed by atoms with Crippen molar-refractivity contribution in [1.29, 1.82) is 0 Å². The number of benzene rings is 4. The zero-order chi connectivity index (χ0) is 50.9. The summed E-state index contributed by atoms with van der Waals surface area (Å²) < 4.78 is 149. The molecule has 1 heterocycles. The molecule has 5 rings (SSSR count). The fourth-order valence-electron chi connectivity index (χ4n) is 6.58. The van der Waals surface area contributed by atoms with E-state index in [0.29, 0.717) is 49.7 Å². The Hall–Kier alpha value is -6.59. The third-order valence-electron chi connectivity index (χ3n) is 10.0. The van der Waals surface area contributed by atoms with Crippen molar-refractivity contribution in [2.75, 3.05) is 77.8 Å². The number of anilines is 7. The summed E-state index contributed by atoms with van der Waals surface area (Å²) in [6.45, 7) is 8.65. The van der Waals surface area contributed by atoms with Crippen LogP contribution in [-0.2, 0) is 32.6 Å². The zero-order valence-electron chi connectivity index (χ0n) is 37.1. The second kappa shape index (κ2) is 22.2. The van der Waals surface area contributed by atoms with Gasteiger partial charge in [0, 0.05) is 50.6 Å². The van der Waals surface area contributed by atoms with Gasteiger partial charge in [-0.2, -0.15) is 58.1 Å². The van der Waals surface area contributed by atoms with E-state index in [-0.39, 0.29) is 65.8 Å². The summed E-state index contributed by atoms with van der Waals surface area (Å²) in [5.41, 5.74) is -2.61. The van der Waals surface area contributed by atoms with Crippen LogP contribution >= 0.6 is 0 Å². The Kier molecular flexibility index (Phi) is 17.2. The van der Waals surface area contributed by atoms with Gasteiger partial charge in [-0.25, -0.2) is 0 Å². The molecule has 28 heteroatoms. The lowest BCUT2D eigenvalue weighted by Crippen LogP contribution is -2.31. The number of alkyl halides is 6. The van der Waals surface area contributed by atoms with Crippen molar-refractivity contribution in [3.8, 4) is 0 Å². The van der Waals surface area contributed by atoms with E-state index in [9.17, 15) is 62.5 Å². The van der Waals surface area contributed by atoms with E-state index in [4.69, 9.17) is 0 Å². The van der Waals surface area contributed by atoms with Gasteiger partial charge in [0.1, 0.15) is 32.5 Å². The lowest BCUT2D eigenvalue weighted by Gasteiger charge is -2.24. The Balaban J connectivity index is 1.69. The molecule has 5 aromatic rings. The zero-order valence-corrected chi connectivity index (χ0v) is 38.7. The molecule has 0 fully saturated rings. The molecule has 6 N–H and O–H groups in total. The molecule has 69 heavy (non-hydrogen) atoms. The number of aromatic nitrogens is 3. The van der Waals surface area contributed by atoms with E-state index in [1.165, 1.54) is 17.0 Å². The molecule has 0 saturated carbocycles. The normalized spacial score (nSPS) is 12.5. The maximum absolute atomic E-state index is 13.5. The Morgan fingerprint density at radius 3 is 1.19 bits per heavy atom. The van der Waals surface area contributed by atoms with Crippen molar-refractivity contribution in [1.82, 2.24) is 15.0 Å². The lowest BCUT2D eigenvalue weighted by molar-refractivity contribution is -0.138. The van der Waals surface area contributed by atoms with E-state index < -0.39 is 78.1 Å². The van der Waals surface area contributed by atoms with Gasteiger partial charge in [-0.05, 0) is 100 Å². The van der Waals surface area contributed by atoms with Gasteiger partial charge in [-0.1, -0.05) is 0 Å². The maximum Gasteiger partial charge on any atom is 0.416 e. The number of hydrogen-bond donors (Lipinski definition) is 6. The first-order valence-corrected chi connectivity index (χ1v) is 23.6. The second-order valence-corrected chi connectivity index (χ2v) is 17.2. The summed E-state index contributed by atoms with van der Waals surface area (Å²) in [6, 6.07) is 12.4. The van der Waals surface area contributed by atoms with E-state index in [1.807, 2.05) is 37.5 Å². The van der Waals surface area contributed by atoms with Crippen molar-refractivity contribution in [3.05, 3.63) is 83.9 Å². The second-order valence-electron chi connectivity index (χ2n) is 14.4. The first-order chi connectivity index (χ1) is 32.4. The van der Waals surface area contributed by atoms with Crippen LogP contribution in [0.3, 0.4) is 0 Å². The van der Waals surface area contributed by atoms with Crippen LogP contribution in [-0.4, -0.2) is 104 Å². The average molecular weight is 1010 g/mol.